The van der Waals surface area contributed by atoms with Gasteiger partial charge in [0.05, 0.1) is 12.3 Å². The predicted octanol–water partition coefficient (Wildman–Crippen LogP) is 1.53. The number of hydrogen-bond donors (Lipinski definition) is 1. The van der Waals surface area contributed by atoms with E-state index in [1.54, 1.807) is 16.7 Å². The van der Waals surface area contributed by atoms with Crippen molar-refractivity contribution in [1.82, 2.24) is 14.7 Å². The first kappa shape index (κ1) is 24.2. The van der Waals surface area contributed by atoms with Gasteiger partial charge in [-0.2, -0.15) is 11.8 Å². The lowest BCUT2D eigenvalue weighted by Gasteiger charge is -2.30. The highest BCUT2D eigenvalue weighted by atomic mass is 32.2. The highest BCUT2D eigenvalue weighted by molar-refractivity contribution is 7.99. The normalized spacial score (nSPS) is 22.8. The van der Waals surface area contributed by atoms with E-state index in [4.69, 9.17) is 9.90 Å². The Balaban J connectivity index is 0.00000101. The number of benzene rings is 1. The summed E-state index contributed by atoms with van der Waals surface area (Å²) in [7, 11) is 3.63. The van der Waals surface area contributed by atoms with Gasteiger partial charge in [0.1, 0.15) is 0 Å². The molecule has 2 fully saturated rings. The van der Waals surface area contributed by atoms with Crippen molar-refractivity contribution in [3.63, 3.8) is 0 Å². The maximum atomic E-state index is 12.5. The molecule has 2 atom stereocenters. The maximum absolute atomic E-state index is 12.5. The Hall–Kier alpha value is -2.06. The predicted molar refractivity (Wildman–Crippen MR) is 119 cm³/mol. The minimum Gasteiger partial charge on any atom is -0.483 e. The van der Waals surface area contributed by atoms with Crippen molar-refractivity contribution in [2.24, 2.45) is 11.3 Å². The van der Waals surface area contributed by atoms with E-state index in [-0.39, 0.29) is 23.7 Å². The van der Waals surface area contributed by atoms with Gasteiger partial charge in [-0.15, -0.1) is 0 Å². The summed E-state index contributed by atoms with van der Waals surface area (Å²) in [6, 6.07) is 10.6. The SMILES string of the molecule is CSCC(=O)N1CC2CN(CC(=O)N(C)C)CC2(CCc2ccccc2)C1.O=CO. The molecule has 2 aliphatic rings. The number of carbonyl (C=O) groups is 3. The van der Waals surface area contributed by atoms with Crippen molar-refractivity contribution in [3.05, 3.63) is 35.9 Å². The van der Waals surface area contributed by atoms with Gasteiger partial charge < -0.3 is 14.9 Å². The van der Waals surface area contributed by atoms with E-state index in [2.05, 4.69) is 34.1 Å². The summed E-state index contributed by atoms with van der Waals surface area (Å²) < 4.78 is 0. The molecule has 0 aliphatic carbocycles. The zero-order chi connectivity index (χ0) is 22.1. The van der Waals surface area contributed by atoms with Crippen LogP contribution in [-0.4, -0.2) is 96.9 Å². The number of rotatable bonds is 7. The summed E-state index contributed by atoms with van der Waals surface area (Å²) in [5.74, 6) is 1.43. The van der Waals surface area contributed by atoms with Gasteiger partial charge in [0.2, 0.25) is 11.8 Å². The van der Waals surface area contributed by atoms with Crippen molar-refractivity contribution in [3.8, 4) is 0 Å². The number of aryl methyl sites for hydroxylation is 1. The topological polar surface area (TPSA) is 81.2 Å². The van der Waals surface area contributed by atoms with Gasteiger partial charge in [-0.1, -0.05) is 30.3 Å². The molecular weight excluding hydrogens is 402 g/mol. The van der Waals surface area contributed by atoms with E-state index in [0.29, 0.717) is 18.2 Å². The van der Waals surface area contributed by atoms with E-state index in [0.717, 1.165) is 39.0 Å². The number of nitrogens with zero attached hydrogens (tertiary/aromatic N) is 3. The van der Waals surface area contributed by atoms with E-state index in [9.17, 15) is 9.59 Å². The molecule has 2 amide bonds. The molecule has 7 nitrogen and oxygen atoms in total. The van der Waals surface area contributed by atoms with Crippen LogP contribution in [0.5, 0.6) is 0 Å². The lowest BCUT2D eigenvalue weighted by Crippen LogP contribution is -2.41. The Kier molecular flexibility index (Phi) is 9.17. The van der Waals surface area contributed by atoms with Crippen LogP contribution in [-0.2, 0) is 20.8 Å². The second-order valence-electron chi connectivity index (χ2n) is 8.32. The van der Waals surface area contributed by atoms with E-state index >= 15 is 0 Å². The molecule has 2 heterocycles. The average molecular weight is 436 g/mol. The maximum Gasteiger partial charge on any atom is 0.290 e. The summed E-state index contributed by atoms with van der Waals surface area (Å²) in [6.45, 7) is 3.72. The Bertz CT molecular complexity index is 716. The third-order valence-electron chi connectivity index (χ3n) is 6.06. The highest BCUT2D eigenvalue weighted by Gasteiger charge is 2.52. The summed E-state index contributed by atoms with van der Waals surface area (Å²) in [6.07, 6.45) is 4.07. The van der Waals surface area contributed by atoms with Crippen LogP contribution >= 0.6 is 11.8 Å². The fraction of sp³-hybridized carbons (Fsp3) is 0.591. The number of carboxylic acid groups (broad SMARTS) is 1. The van der Waals surface area contributed by atoms with E-state index in [1.807, 2.05) is 26.4 Å². The van der Waals surface area contributed by atoms with Crippen molar-refractivity contribution < 1.29 is 19.5 Å². The first-order valence-corrected chi connectivity index (χ1v) is 11.6. The van der Waals surface area contributed by atoms with Gasteiger partial charge in [0, 0.05) is 45.7 Å². The first-order valence-electron chi connectivity index (χ1n) is 10.2. The number of fused-ring (bicyclic) bond motifs is 1. The molecule has 2 unspecified atom stereocenters. The molecule has 2 saturated heterocycles. The number of amides is 2. The summed E-state index contributed by atoms with van der Waals surface area (Å²) in [5, 5.41) is 6.89. The molecule has 0 radical (unpaired) electrons. The Morgan fingerprint density at radius 3 is 2.50 bits per heavy atom. The Labute approximate surface area is 183 Å². The molecule has 3 rings (SSSR count). The number of carbonyl (C=O) groups excluding carboxylic acids is 2. The van der Waals surface area contributed by atoms with Gasteiger partial charge in [0.15, 0.2) is 0 Å². The molecule has 166 valence electrons. The Morgan fingerprint density at radius 2 is 1.90 bits per heavy atom. The number of likely N-dealkylation sites (N-methyl/N-ethyl adjacent to an activating group) is 1. The monoisotopic (exact) mass is 435 g/mol. The Morgan fingerprint density at radius 1 is 1.23 bits per heavy atom. The smallest absolute Gasteiger partial charge is 0.290 e. The third-order valence-corrected chi connectivity index (χ3v) is 6.60. The van der Waals surface area contributed by atoms with Gasteiger partial charge >= 0.3 is 0 Å². The molecule has 0 spiro atoms. The van der Waals surface area contributed by atoms with Crippen LogP contribution in [0.1, 0.15) is 12.0 Å². The van der Waals surface area contributed by atoms with Crippen LogP contribution in [0.3, 0.4) is 0 Å². The molecule has 0 aromatic heterocycles. The van der Waals surface area contributed by atoms with Crippen LogP contribution in [0.4, 0.5) is 0 Å². The number of likely N-dealkylation sites (tertiary alicyclic amines) is 2. The van der Waals surface area contributed by atoms with Gasteiger partial charge in [-0.05, 0) is 30.6 Å². The summed E-state index contributed by atoms with van der Waals surface area (Å²) >= 11 is 1.59. The summed E-state index contributed by atoms with van der Waals surface area (Å²) in [5.41, 5.74) is 1.46. The van der Waals surface area contributed by atoms with Crippen LogP contribution in [0, 0.1) is 11.3 Å². The molecule has 30 heavy (non-hydrogen) atoms. The standard InChI is InChI=1S/C21H31N3O2S.CH2O2/c1-22(2)19(25)13-23-11-18-12-24(20(26)14-27-3)16-21(18,15-23)10-9-17-7-5-4-6-8-17;2-1-3/h4-8,18H,9-16H2,1-3H3;1H,(H,2,3). The highest BCUT2D eigenvalue weighted by Crippen LogP contribution is 2.45. The number of hydrogen-bond acceptors (Lipinski definition) is 5. The van der Waals surface area contributed by atoms with Crippen molar-refractivity contribution >= 4 is 30.0 Å². The molecular formula is C22H33N3O4S. The van der Waals surface area contributed by atoms with E-state index in [1.165, 1.54) is 5.56 Å². The lowest BCUT2D eigenvalue weighted by atomic mass is 9.76. The van der Waals surface area contributed by atoms with Crippen LogP contribution < -0.4 is 0 Å². The third kappa shape index (κ3) is 6.22. The van der Waals surface area contributed by atoms with Crippen LogP contribution in [0.15, 0.2) is 30.3 Å². The quantitative estimate of drug-likeness (QED) is 0.655. The minimum atomic E-state index is -0.250. The zero-order valence-electron chi connectivity index (χ0n) is 18.1. The molecule has 0 saturated carbocycles. The molecule has 1 aromatic carbocycles. The molecule has 0 bridgehead atoms. The fourth-order valence-electron chi connectivity index (χ4n) is 4.54. The van der Waals surface area contributed by atoms with Crippen molar-refractivity contribution in [2.75, 3.05) is 58.8 Å². The fourth-order valence-corrected chi connectivity index (χ4v) is 4.97. The van der Waals surface area contributed by atoms with Gasteiger partial charge in [0.25, 0.3) is 6.47 Å². The number of thioether (sulfide) groups is 1. The first-order chi connectivity index (χ1) is 14.3. The zero-order valence-corrected chi connectivity index (χ0v) is 18.9. The second-order valence-corrected chi connectivity index (χ2v) is 9.18. The van der Waals surface area contributed by atoms with Gasteiger partial charge in [-0.3, -0.25) is 19.3 Å². The molecule has 1 N–H and O–H groups in total. The molecule has 8 heteroatoms. The minimum absolute atomic E-state index is 0.108. The van der Waals surface area contributed by atoms with Crippen LogP contribution in [0.2, 0.25) is 0 Å². The van der Waals surface area contributed by atoms with Gasteiger partial charge in [-0.25, -0.2) is 0 Å². The molecule has 1 aromatic rings. The average Bonchev–Trinajstić information content (AvgIpc) is 3.22. The van der Waals surface area contributed by atoms with Crippen molar-refractivity contribution in [2.45, 2.75) is 12.8 Å². The largest absolute Gasteiger partial charge is 0.483 e. The van der Waals surface area contributed by atoms with E-state index < -0.39 is 0 Å². The second kappa shape index (κ2) is 11.4. The lowest BCUT2D eigenvalue weighted by molar-refractivity contribution is -0.130. The molecule has 2 aliphatic heterocycles. The van der Waals surface area contributed by atoms with Crippen molar-refractivity contribution in [1.29, 1.82) is 0 Å². The van der Waals surface area contributed by atoms with Crippen LogP contribution in [0.25, 0.3) is 0 Å². The summed E-state index contributed by atoms with van der Waals surface area (Å²) in [4.78, 5) is 39.0.